The first kappa shape index (κ1) is 13.0. The molecule has 90 valence electrons. The summed E-state index contributed by atoms with van der Waals surface area (Å²) < 4.78 is 0. The number of nitrogen functional groups attached to an aromatic ring is 1. The molecule has 6 heteroatoms. The van der Waals surface area contributed by atoms with Crippen molar-refractivity contribution in [2.45, 2.75) is 19.3 Å². The predicted molar refractivity (Wildman–Crippen MR) is 65.7 cm³/mol. The van der Waals surface area contributed by atoms with Crippen molar-refractivity contribution in [2.24, 2.45) is 0 Å². The Kier molecular flexibility index (Phi) is 5.28. The van der Waals surface area contributed by atoms with Crippen LogP contribution in [-0.4, -0.2) is 35.3 Å². The van der Waals surface area contributed by atoms with Gasteiger partial charge < -0.3 is 15.7 Å². The number of aliphatic hydroxyl groups excluding tert-OH is 1. The second kappa shape index (κ2) is 6.50. The Labute approximate surface area is 100 Å². The molecule has 3 N–H and O–H groups in total. The van der Waals surface area contributed by atoms with Gasteiger partial charge in [0.05, 0.1) is 0 Å². The van der Waals surface area contributed by atoms with Crippen LogP contribution in [-0.2, 0) is 0 Å². The standard InChI is InChI=1S/C10H17ClN4O/c1-15(5-3-2-4-6-16)9-7-8(11)13-10(12)14-9/h7,16H,2-6H2,1H3,(H2,12,13,14). The largest absolute Gasteiger partial charge is 0.396 e. The Morgan fingerprint density at radius 2 is 2.12 bits per heavy atom. The topological polar surface area (TPSA) is 75.3 Å². The van der Waals surface area contributed by atoms with Gasteiger partial charge in [-0.1, -0.05) is 11.6 Å². The minimum absolute atomic E-state index is 0.185. The van der Waals surface area contributed by atoms with Gasteiger partial charge in [-0.05, 0) is 19.3 Å². The lowest BCUT2D eigenvalue weighted by Gasteiger charge is -2.18. The zero-order valence-corrected chi connectivity index (χ0v) is 10.1. The van der Waals surface area contributed by atoms with Crippen LogP contribution in [0.2, 0.25) is 5.15 Å². The lowest BCUT2D eigenvalue weighted by molar-refractivity contribution is 0.283. The van der Waals surface area contributed by atoms with Crippen molar-refractivity contribution < 1.29 is 5.11 Å². The highest BCUT2D eigenvalue weighted by atomic mass is 35.5. The molecule has 1 aromatic rings. The first-order valence-electron chi connectivity index (χ1n) is 5.25. The summed E-state index contributed by atoms with van der Waals surface area (Å²) in [4.78, 5) is 9.86. The van der Waals surface area contributed by atoms with Crippen molar-refractivity contribution in [1.29, 1.82) is 0 Å². The number of rotatable bonds is 6. The van der Waals surface area contributed by atoms with Crippen LogP contribution >= 0.6 is 11.6 Å². The van der Waals surface area contributed by atoms with Crippen LogP contribution in [0.3, 0.4) is 0 Å². The van der Waals surface area contributed by atoms with Crippen molar-refractivity contribution >= 4 is 23.4 Å². The Morgan fingerprint density at radius 1 is 1.38 bits per heavy atom. The third-order valence-corrected chi connectivity index (χ3v) is 2.44. The number of nitrogens with zero attached hydrogens (tertiary/aromatic N) is 3. The predicted octanol–water partition coefficient (Wildman–Crippen LogP) is 1.31. The number of hydrogen-bond acceptors (Lipinski definition) is 5. The van der Waals surface area contributed by atoms with Gasteiger partial charge in [-0.15, -0.1) is 0 Å². The zero-order chi connectivity index (χ0) is 12.0. The average molecular weight is 245 g/mol. The average Bonchev–Trinajstić information content (AvgIpc) is 2.22. The van der Waals surface area contributed by atoms with E-state index in [1.54, 1.807) is 6.07 Å². The van der Waals surface area contributed by atoms with Crippen molar-refractivity contribution in [3.63, 3.8) is 0 Å². The molecule has 0 amide bonds. The molecule has 0 saturated carbocycles. The lowest BCUT2D eigenvalue weighted by atomic mass is 10.2. The monoisotopic (exact) mass is 244 g/mol. The number of anilines is 2. The highest BCUT2D eigenvalue weighted by molar-refractivity contribution is 6.29. The van der Waals surface area contributed by atoms with Gasteiger partial charge in [-0.25, -0.2) is 4.98 Å². The maximum absolute atomic E-state index is 8.65. The normalized spacial score (nSPS) is 10.4. The Bertz CT molecular complexity index is 314. The maximum atomic E-state index is 8.65. The zero-order valence-electron chi connectivity index (χ0n) is 9.36. The second-order valence-electron chi connectivity index (χ2n) is 3.61. The summed E-state index contributed by atoms with van der Waals surface area (Å²) in [5, 5.41) is 9.00. The molecule has 0 spiro atoms. The summed E-state index contributed by atoms with van der Waals surface area (Å²) in [5.74, 6) is 0.909. The van der Waals surface area contributed by atoms with Gasteiger partial charge in [0.1, 0.15) is 11.0 Å². The van der Waals surface area contributed by atoms with Crippen molar-refractivity contribution in [1.82, 2.24) is 9.97 Å². The van der Waals surface area contributed by atoms with E-state index in [4.69, 9.17) is 22.4 Å². The SMILES string of the molecule is CN(CCCCCO)c1cc(Cl)nc(N)n1. The molecular formula is C10H17ClN4O. The van der Waals surface area contributed by atoms with Gasteiger partial charge in [0.15, 0.2) is 0 Å². The number of nitrogens with two attached hydrogens (primary N) is 1. The van der Waals surface area contributed by atoms with Crippen LogP contribution in [0.15, 0.2) is 6.07 Å². The highest BCUT2D eigenvalue weighted by Gasteiger charge is 2.05. The fourth-order valence-corrected chi connectivity index (χ4v) is 1.55. The molecule has 0 aromatic carbocycles. The molecule has 5 nitrogen and oxygen atoms in total. The third kappa shape index (κ3) is 4.20. The maximum Gasteiger partial charge on any atom is 0.223 e. The summed E-state index contributed by atoms with van der Waals surface area (Å²) >= 11 is 5.79. The van der Waals surface area contributed by atoms with E-state index in [2.05, 4.69) is 9.97 Å². The van der Waals surface area contributed by atoms with E-state index in [1.165, 1.54) is 0 Å². The van der Waals surface area contributed by atoms with E-state index >= 15 is 0 Å². The molecule has 0 unspecified atom stereocenters. The third-order valence-electron chi connectivity index (χ3n) is 2.24. The highest BCUT2D eigenvalue weighted by Crippen LogP contribution is 2.16. The van der Waals surface area contributed by atoms with Crippen LogP contribution in [0.4, 0.5) is 11.8 Å². The van der Waals surface area contributed by atoms with Gasteiger partial charge in [0.25, 0.3) is 0 Å². The molecule has 0 aliphatic rings. The molecule has 0 atom stereocenters. The Hall–Kier alpha value is -1.07. The van der Waals surface area contributed by atoms with Gasteiger partial charge in [-0.3, -0.25) is 0 Å². The molecule has 0 radical (unpaired) electrons. The van der Waals surface area contributed by atoms with Gasteiger partial charge >= 0.3 is 0 Å². The molecule has 1 aromatic heterocycles. The molecular weight excluding hydrogens is 228 g/mol. The van der Waals surface area contributed by atoms with Crippen molar-refractivity contribution in [2.75, 3.05) is 30.8 Å². The van der Waals surface area contributed by atoms with Crippen LogP contribution in [0.5, 0.6) is 0 Å². The molecule has 0 aliphatic carbocycles. The minimum atomic E-state index is 0.185. The molecule has 0 saturated heterocycles. The number of hydrogen-bond donors (Lipinski definition) is 2. The van der Waals surface area contributed by atoms with Gasteiger partial charge in [-0.2, -0.15) is 4.98 Å². The van der Waals surface area contributed by atoms with Crippen LogP contribution in [0.25, 0.3) is 0 Å². The number of unbranched alkanes of at least 4 members (excludes halogenated alkanes) is 2. The molecule has 0 fully saturated rings. The van der Waals surface area contributed by atoms with Crippen LogP contribution in [0, 0.1) is 0 Å². The summed E-state index contributed by atoms with van der Waals surface area (Å²) in [6.45, 7) is 1.10. The first-order chi connectivity index (χ1) is 7.63. The molecule has 1 heterocycles. The van der Waals surface area contributed by atoms with Crippen molar-refractivity contribution in [3.05, 3.63) is 11.2 Å². The number of aliphatic hydroxyl groups is 1. The van der Waals surface area contributed by atoms with E-state index in [-0.39, 0.29) is 12.6 Å². The fraction of sp³-hybridized carbons (Fsp3) is 0.600. The van der Waals surface area contributed by atoms with E-state index in [0.29, 0.717) is 5.15 Å². The Balaban J connectivity index is 2.48. The first-order valence-corrected chi connectivity index (χ1v) is 5.63. The van der Waals surface area contributed by atoms with E-state index in [0.717, 1.165) is 31.6 Å². The molecule has 0 bridgehead atoms. The summed E-state index contributed by atoms with van der Waals surface area (Å²) in [6.07, 6.45) is 2.83. The lowest BCUT2D eigenvalue weighted by Crippen LogP contribution is -2.20. The second-order valence-corrected chi connectivity index (χ2v) is 4.00. The van der Waals surface area contributed by atoms with Crippen LogP contribution in [0.1, 0.15) is 19.3 Å². The number of aromatic nitrogens is 2. The summed E-state index contributed by atoms with van der Waals surface area (Å²) in [5.41, 5.74) is 5.51. The number of halogens is 1. The minimum Gasteiger partial charge on any atom is -0.396 e. The van der Waals surface area contributed by atoms with Crippen LogP contribution < -0.4 is 10.6 Å². The Morgan fingerprint density at radius 3 is 2.75 bits per heavy atom. The summed E-state index contributed by atoms with van der Waals surface area (Å²) in [6, 6.07) is 1.68. The van der Waals surface area contributed by atoms with Gasteiger partial charge in [0, 0.05) is 26.3 Å². The smallest absolute Gasteiger partial charge is 0.223 e. The molecule has 1 rings (SSSR count). The fourth-order valence-electron chi connectivity index (χ4n) is 1.37. The van der Waals surface area contributed by atoms with Crippen molar-refractivity contribution in [3.8, 4) is 0 Å². The summed E-state index contributed by atoms with van der Waals surface area (Å²) in [7, 11) is 1.93. The molecule has 0 aliphatic heterocycles. The van der Waals surface area contributed by atoms with E-state index in [1.807, 2.05) is 11.9 Å². The van der Waals surface area contributed by atoms with E-state index in [9.17, 15) is 0 Å². The quantitative estimate of drug-likeness (QED) is 0.583. The van der Waals surface area contributed by atoms with E-state index < -0.39 is 0 Å². The molecule has 16 heavy (non-hydrogen) atoms. The van der Waals surface area contributed by atoms with Gasteiger partial charge in [0.2, 0.25) is 5.95 Å².